The number of thiophene rings is 1. The summed E-state index contributed by atoms with van der Waals surface area (Å²) in [5.74, 6) is 2.22. The lowest BCUT2D eigenvalue weighted by atomic mass is 9.95. The van der Waals surface area contributed by atoms with Crippen LogP contribution in [0, 0.1) is 5.92 Å². The van der Waals surface area contributed by atoms with Gasteiger partial charge in [-0.3, -0.25) is 0 Å². The molecule has 0 aliphatic heterocycles. The van der Waals surface area contributed by atoms with Crippen LogP contribution in [0.3, 0.4) is 0 Å². The lowest BCUT2D eigenvalue weighted by Gasteiger charge is -2.22. The van der Waals surface area contributed by atoms with Crippen LogP contribution in [0.4, 0.5) is 0 Å². The van der Waals surface area contributed by atoms with Gasteiger partial charge in [0.25, 0.3) is 0 Å². The summed E-state index contributed by atoms with van der Waals surface area (Å²) in [6.07, 6.45) is 6.20. The van der Waals surface area contributed by atoms with Crippen LogP contribution in [0.15, 0.2) is 21.3 Å². The van der Waals surface area contributed by atoms with E-state index in [1.807, 2.05) is 16.8 Å². The molecule has 4 nitrogen and oxygen atoms in total. The van der Waals surface area contributed by atoms with E-state index in [2.05, 4.69) is 22.4 Å². The van der Waals surface area contributed by atoms with Crippen molar-refractivity contribution in [1.82, 2.24) is 15.5 Å². The fraction of sp³-hybridized carbons (Fsp3) is 0.600. The zero-order valence-corrected chi connectivity index (χ0v) is 12.7. The molecule has 1 unspecified atom stereocenters. The standard InChI is InChI=1S/C15H21N3OS/c1-2-16-13(11-5-3-4-6-11)9-14-17-15(18-19-14)12-7-8-20-10-12/h7-8,10-11,13,16H,2-6,9H2,1H3. The Morgan fingerprint density at radius 1 is 1.45 bits per heavy atom. The molecule has 20 heavy (non-hydrogen) atoms. The van der Waals surface area contributed by atoms with Crippen molar-refractivity contribution in [2.45, 2.75) is 45.1 Å². The highest BCUT2D eigenvalue weighted by molar-refractivity contribution is 7.08. The Morgan fingerprint density at radius 3 is 3.00 bits per heavy atom. The molecule has 2 heterocycles. The summed E-state index contributed by atoms with van der Waals surface area (Å²) in [5, 5.41) is 11.8. The minimum atomic E-state index is 0.471. The van der Waals surface area contributed by atoms with Crippen LogP contribution in [0.25, 0.3) is 11.4 Å². The van der Waals surface area contributed by atoms with Crippen molar-refractivity contribution in [2.75, 3.05) is 6.54 Å². The molecule has 1 aliphatic rings. The molecule has 0 saturated heterocycles. The zero-order chi connectivity index (χ0) is 13.8. The molecule has 3 rings (SSSR count). The van der Waals surface area contributed by atoms with Crippen LogP contribution in [0.2, 0.25) is 0 Å². The largest absolute Gasteiger partial charge is 0.339 e. The van der Waals surface area contributed by atoms with Gasteiger partial charge in [0.2, 0.25) is 11.7 Å². The summed E-state index contributed by atoms with van der Waals surface area (Å²) < 4.78 is 5.43. The second-order valence-corrected chi connectivity index (χ2v) is 6.22. The molecule has 1 aliphatic carbocycles. The van der Waals surface area contributed by atoms with E-state index in [0.29, 0.717) is 11.9 Å². The SMILES string of the molecule is CCNC(Cc1nc(-c2ccsc2)no1)C1CCCC1. The van der Waals surface area contributed by atoms with Gasteiger partial charge in [-0.25, -0.2) is 0 Å². The average molecular weight is 291 g/mol. The van der Waals surface area contributed by atoms with E-state index >= 15 is 0 Å². The summed E-state index contributed by atoms with van der Waals surface area (Å²) in [6, 6.07) is 2.50. The number of rotatable bonds is 6. The van der Waals surface area contributed by atoms with Gasteiger partial charge in [-0.1, -0.05) is 24.9 Å². The molecule has 1 atom stereocenters. The number of likely N-dealkylation sites (N-methyl/N-ethyl adjacent to an activating group) is 1. The Balaban J connectivity index is 1.68. The first-order chi connectivity index (χ1) is 9.86. The Morgan fingerprint density at radius 2 is 2.30 bits per heavy atom. The Labute approximate surface area is 123 Å². The number of hydrogen-bond acceptors (Lipinski definition) is 5. The summed E-state index contributed by atoms with van der Waals surface area (Å²) in [4.78, 5) is 4.54. The molecule has 1 saturated carbocycles. The van der Waals surface area contributed by atoms with Crippen LogP contribution < -0.4 is 5.32 Å². The van der Waals surface area contributed by atoms with Crippen molar-refractivity contribution in [3.8, 4) is 11.4 Å². The molecule has 0 bridgehead atoms. The molecule has 0 aromatic carbocycles. The zero-order valence-electron chi connectivity index (χ0n) is 11.8. The van der Waals surface area contributed by atoms with Crippen LogP contribution in [-0.2, 0) is 6.42 Å². The molecule has 1 fully saturated rings. The lowest BCUT2D eigenvalue weighted by Crippen LogP contribution is -2.37. The van der Waals surface area contributed by atoms with Gasteiger partial charge in [0.05, 0.1) is 0 Å². The fourth-order valence-corrected chi connectivity index (χ4v) is 3.70. The smallest absolute Gasteiger partial charge is 0.228 e. The van der Waals surface area contributed by atoms with Crippen molar-refractivity contribution >= 4 is 11.3 Å². The molecule has 108 valence electrons. The van der Waals surface area contributed by atoms with Crippen molar-refractivity contribution in [1.29, 1.82) is 0 Å². The second-order valence-electron chi connectivity index (χ2n) is 5.44. The van der Waals surface area contributed by atoms with Gasteiger partial charge in [0, 0.05) is 23.4 Å². The molecule has 0 radical (unpaired) electrons. The van der Waals surface area contributed by atoms with Gasteiger partial charge in [-0.2, -0.15) is 16.3 Å². The first kappa shape index (κ1) is 13.8. The van der Waals surface area contributed by atoms with Gasteiger partial charge in [-0.05, 0) is 36.8 Å². The Hall–Kier alpha value is -1.20. The number of nitrogens with one attached hydrogen (secondary N) is 1. The maximum absolute atomic E-state index is 5.43. The van der Waals surface area contributed by atoms with Gasteiger partial charge < -0.3 is 9.84 Å². The third kappa shape index (κ3) is 3.10. The summed E-state index contributed by atoms with van der Waals surface area (Å²) in [7, 11) is 0. The topological polar surface area (TPSA) is 51.0 Å². The maximum atomic E-state index is 5.43. The molecular weight excluding hydrogens is 270 g/mol. The third-order valence-electron chi connectivity index (χ3n) is 4.08. The summed E-state index contributed by atoms with van der Waals surface area (Å²) in [5.41, 5.74) is 1.05. The normalized spacial score (nSPS) is 17.6. The van der Waals surface area contributed by atoms with Crippen LogP contribution >= 0.6 is 11.3 Å². The predicted molar refractivity (Wildman–Crippen MR) is 80.7 cm³/mol. The van der Waals surface area contributed by atoms with Gasteiger partial charge in [0.1, 0.15) is 0 Å². The molecule has 2 aromatic heterocycles. The second kappa shape index (κ2) is 6.50. The highest BCUT2D eigenvalue weighted by Gasteiger charge is 2.26. The number of aromatic nitrogens is 2. The minimum Gasteiger partial charge on any atom is -0.339 e. The number of hydrogen-bond donors (Lipinski definition) is 1. The maximum Gasteiger partial charge on any atom is 0.228 e. The van der Waals surface area contributed by atoms with E-state index in [9.17, 15) is 0 Å². The van der Waals surface area contributed by atoms with Crippen LogP contribution in [0.1, 0.15) is 38.5 Å². The van der Waals surface area contributed by atoms with E-state index in [1.165, 1.54) is 25.7 Å². The van der Waals surface area contributed by atoms with E-state index < -0.39 is 0 Å². The summed E-state index contributed by atoms with van der Waals surface area (Å²) >= 11 is 1.65. The highest BCUT2D eigenvalue weighted by Crippen LogP contribution is 2.29. The predicted octanol–water partition coefficient (Wildman–Crippen LogP) is 3.51. The molecule has 0 spiro atoms. The summed E-state index contributed by atoms with van der Waals surface area (Å²) in [6.45, 7) is 3.15. The Kier molecular flexibility index (Phi) is 4.47. The van der Waals surface area contributed by atoms with Crippen molar-refractivity contribution < 1.29 is 4.52 Å². The molecule has 5 heteroatoms. The third-order valence-corrected chi connectivity index (χ3v) is 4.76. The molecule has 2 aromatic rings. The van der Waals surface area contributed by atoms with E-state index in [4.69, 9.17) is 4.52 Å². The first-order valence-corrected chi connectivity index (χ1v) is 8.39. The fourth-order valence-electron chi connectivity index (χ4n) is 3.06. The van der Waals surface area contributed by atoms with Crippen molar-refractivity contribution in [3.05, 3.63) is 22.7 Å². The van der Waals surface area contributed by atoms with Crippen molar-refractivity contribution in [2.24, 2.45) is 5.92 Å². The van der Waals surface area contributed by atoms with E-state index in [-0.39, 0.29) is 0 Å². The van der Waals surface area contributed by atoms with Gasteiger partial charge in [-0.15, -0.1) is 0 Å². The minimum absolute atomic E-state index is 0.471. The number of nitrogens with zero attached hydrogens (tertiary/aromatic N) is 2. The van der Waals surface area contributed by atoms with Gasteiger partial charge in [0.15, 0.2) is 0 Å². The van der Waals surface area contributed by atoms with Crippen LogP contribution in [-0.4, -0.2) is 22.7 Å². The average Bonchev–Trinajstić information content (AvgIpc) is 3.20. The van der Waals surface area contributed by atoms with Gasteiger partial charge >= 0.3 is 0 Å². The monoisotopic (exact) mass is 291 g/mol. The lowest BCUT2D eigenvalue weighted by molar-refractivity contribution is 0.311. The molecule has 1 N–H and O–H groups in total. The van der Waals surface area contributed by atoms with E-state index in [1.54, 1.807) is 11.3 Å². The van der Waals surface area contributed by atoms with Crippen LogP contribution in [0.5, 0.6) is 0 Å². The van der Waals surface area contributed by atoms with E-state index in [0.717, 1.165) is 30.3 Å². The first-order valence-electron chi connectivity index (χ1n) is 7.45. The van der Waals surface area contributed by atoms with Crippen molar-refractivity contribution in [3.63, 3.8) is 0 Å². The molecular formula is C15H21N3OS. The highest BCUT2D eigenvalue weighted by atomic mass is 32.1. The quantitative estimate of drug-likeness (QED) is 0.885. The Bertz CT molecular complexity index is 517. The molecule has 0 amide bonds.